The van der Waals surface area contributed by atoms with Crippen molar-refractivity contribution in [3.8, 4) is 5.69 Å². The van der Waals surface area contributed by atoms with Crippen LogP contribution < -0.4 is 5.32 Å². The largest absolute Gasteiger partial charge is 0.349 e. The molecule has 0 radical (unpaired) electrons. The number of tetrazole rings is 1. The van der Waals surface area contributed by atoms with Gasteiger partial charge in [-0.1, -0.05) is 12.1 Å². The Bertz CT molecular complexity index is 961. The van der Waals surface area contributed by atoms with E-state index in [0.717, 1.165) is 30.5 Å². The number of hydrogen-bond acceptors (Lipinski definition) is 5. The van der Waals surface area contributed by atoms with Crippen LogP contribution in [0.4, 0.5) is 0 Å². The van der Waals surface area contributed by atoms with Crippen LogP contribution >= 0.6 is 0 Å². The molecule has 0 saturated heterocycles. The van der Waals surface area contributed by atoms with Crippen LogP contribution in [-0.4, -0.2) is 35.9 Å². The fourth-order valence-electron chi connectivity index (χ4n) is 3.83. The van der Waals surface area contributed by atoms with Crippen molar-refractivity contribution in [2.24, 2.45) is 0 Å². The minimum Gasteiger partial charge on any atom is -0.349 e. The van der Waals surface area contributed by atoms with E-state index in [2.05, 4.69) is 58.0 Å². The first-order valence-corrected chi connectivity index (χ1v) is 9.77. The molecule has 1 aliphatic carbocycles. The summed E-state index contributed by atoms with van der Waals surface area (Å²) in [7, 11) is 0. The second-order valence-electron chi connectivity index (χ2n) is 7.37. The molecular formula is C20H25N7O. The van der Waals surface area contributed by atoms with E-state index in [1.807, 2.05) is 10.9 Å². The lowest BCUT2D eigenvalue weighted by Gasteiger charge is -2.24. The van der Waals surface area contributed by atoms with Crippen molar-refractivity contribution in [1.82, 2.24) is 35.3 Å². The molecule has 4 rings (SSSR count). The third kappa shape index (κ3) is 3.67. The maximum absolute atomic E-state index is 12.4. The highest BCUT2D eigenvalue weighted by atomic mass is 16.1. The lowest BCUT2D eigenvalue weighted by Crippen LogP contribution is -2.31. The average Bonchev–Trinajstić information content (AvgIpc) is 3.34. The lowest BCUT2D eigenvalue weighted by molar-refractivity contribution is -0.122. The number of benzene rings is 1. The number of nitrogens with one attached hydrogen (secondary N) is 1. The third-order valence-corrected chi connectivity index (χ3v) is 5.50. The summed E-state index contributed by atoms with van der Waals surface area (Å²) in [6.45, 7) is 4.89. The molecule has 0 bridgehead atoms. The van der Waals surface area contributed by atoms with Gasteiger partial charge in [-0.15, -0.1) is 5.10 Å². The zero-order chi connectivity index (χ0) is 19.5. The van der Waals surface area contributed by atoms with Gasteiger partial charge in [0, 0.05) is 24.2 Å². The maximum Gasteiger partial charge on any atom is 0.220 e. The highest BCUT2D eigenvalue weighted by molar-refractivity contribution is 5.76. The van der Waals surface area contributed by atoms with Crippen LogP contribution in [0, 0.1) is 13.8 Å². The summed E-state index contributed by atoms with van der Waals surface area (Å²) in [6, 6.07) is 6.32. The van der Waals surface area contributed by atoms with Crippen LogP contribution in [0.5, 0.6) is 0 Å². The van der Waals surface area contributed by atoms with E-state index < -0.39 is 0 Å². The monoisotopic (exact) mass is 379 g/mol. The Balaban J connectivity index is 1.45. The van der Waals surface area contributed by atoms with Gasteiger partial charge in [-0.3, -0.25) is 4.79 Å². The summed E-state index contributed by atoms with van der Waals surface area (Å²) in [5.41, 5.74) is 5.96. The van der Waals surface area contributed by atoms with Gasteiger partial charge >= 0.3 is 0 Å². The topological polar surface area (TPSA) is 90.5 Å². The van der Waals surface area contributed by atoms with Gasteiger partial charge in [0.15, 0.2) is 0 Å². The van der Waals surface area contributed by atoms with Gasteiger partial charge in [0.2, 0.25) is 5.91 Å². The van der Waals surface area contributed by atoms with Crippen molar-refractivity contribution >= 4 is 5.91 Å². The number of carbonyl (C=O) groups excluding carboxylic acids is 1. The molecule has 0 spiro atoms. The molecule has 0 unspecified atom stereocenters. The van der Waals surface area contributed by atoms with Gasteiger partial charge in [0.1, 0.15) is 6.33 Å². The Morgan fingerprint density at radius 1 is 1.32 bits per heavy atom. The molecule has 146 valence electrons. The zero-order valence-corrected chi connectivity index (χ0v) is 16.3. The number of aryl methyl sites for hydroxylation is 2. The predicted molar refractivity (Wildman–Crippen MR) is 104 cm³/mol. The van der Waals surface area contributed by atoms with Gasteiger partial charge < -0.3 is 5.32 Å². The fraction of sp³-hybridized carbons (Fsp3) is 0.450. The molecule has 2 heterocycles. The molecule has 1 amide bonds. The quantitative estimate of drug-likeness (QED) is 0.710. The van der Waals surface area contributed by atoms with E-state index in [9.17, 15) is 4.79 Å². The second-order valence-corrected chi connectivity index (χ2v) is 7.37. The first-order chi connectivity index (χ1) is 13.6. The zero-order valence-electron chi connectivity index (χ0n) is 16.3. The molecule has 3 aromatic rings. The number of fused-ring (bicyclic) bond motifs is 1. The molecule has 1 N–H and O–H groups in total. The van der Waals surface area contributed by atoms with Crippen molar-refractivity contribution < 1.29 is 4.79 Å². The van der Waals surface area contributed by atoms with Crippen molar-refractivity contribution in [2.75, 3.05) is 0 Å². The van der Waals surface area contributed by atoms with Crippen LogP contribution in [0.2, 0.25) is 0 Å². The van der Waals surface area contributed by atoms with Crippen molar-refractivity contribution in [1.29, 1.82) is 0 Å². The standard InChI is InChI=1S/C20H25N7O/c1-14-6-3-8-18(15(14)2)27-19-9-4-7-17(16(19)12-22-27)23-20(28)10-5-11-26-13-21-24-25-26/h3,6,8,12-13,17H,4-5,7,9-11H2,1-2H3,(H,23,28)/t17-/m0/s1. The van der Waals surface area contributed by atoms with E-state index in [1.54, 1.807) is 11.0 Å². The highest BCUT2D eigenvalue weighted by Gasteiger charge is 2.26. The summed E-state index contributed by atoms with van der Waals surface area (Å²) in [5, 5.41) is 18.9. The molecule has 8 heteroatoms. The van der Waals surface area contributed by atoms with Gasteiger partial charge in [-0.25, -0.2) is 9.36 Å². The van der Waals surface area contributed by atoms with Crippen LogP contribution in [0.3, 0.4) is 0 Å². The van der Waals surface area contributed by atoms with Crippen LogP contribution in [0.15, 0.2) is 30.7 Å². The van der Waals surface area contributed by atoms with Gasteiger partial charge in [0.05, 0.1) is 17.9 Å². The van der Waals surface area contributed by atoms with Crippen LogP contribution in [0.1, 0.15) is 54.1 Å². The maximum atomic E-state index is 12.4. The number of aromatic nitrogens is 6. The molecule has 28 heavy (non-hydrogen) atoms. The van der Waals surface area contributed by atoms with E-state index in [0.29, 0.717) is 19.4 Å². The Hall–Kier alpha value is -3.03. The second kappa shape index (κ2) is 7.92. The molecule has 0 fully saturated rings. The molecule has 2 aromatic heterocycles. The minimum absolute atomic E-state index is 0.0307. The summed E-state index contributed by atoms with van der Waals surface area (Å²) in [6.07, 6.45) is 7.61. The lowest BCUT2D eigenvalue weighted by atomic mass is 9.92. The Morgan fingerprint density at radius 3 is 3.04 bits per heavy atom. The summed E-state index contributed by atoms with van der Waals surface area (Å²) >= 11 is 0. The normalized spacial score (nSPS) is 16.0. The van der Waals surface area contributed by atoms with E-state index in [-0.39, 0.29) is 11.9 Å². The fourth-order valence-corrected chi connectivity index (χ4v) is 3.83. The molecule has 1 aromatic carbocycles. The number of carbonyl (C=O) groups is 1. The third-order valence-electron chi connectivity index (χ3n) is 5.50. The Kier molecular flexibility index (Phi) is 5.18. The summed E-state index contributed by atoms with van der Waals surface area (Å²) in [5.74, 6) is 0.0606. The number of rotatable bonds is 6. The average molecular weight is 379 g/mol. The number of hydrogen-bond donors (Lipinski definition) is 1. The van der Waals surface area contributed by atoms with Crippen molar-refractivity contribution in [3.05, 3.63) is 53.1 Å². The van der Waals surface area contributed by atoms with E-state index in [4.69, 9.17) is 0 Å². The minimum atomic E-state index is 0.0307. The summed E-state index contributed by atoms with van der Waals surface area (Å²) in [4.78, 5) is 12.4. The summed E-state index contributed by atoms with van der Waals surface area (Å²) < 4.78 is 3.69. The number of amides is 1. The van der Waals surface area contributed by atoms with E-state index in [1.165, 1.54) is 16.8 Å². The van der Waals surface area contributed by atoms with Crippen LogP contribution in [-0.2, 0) is 17.8 Å². The molecule has 0 aliphatic heterocycles. The Labute approximate surface area is 163 Å². The molecule has 1 atom stereocenters. The van der Waals surface area contributed by atoms with Gasteiger partial charge in [-0.05, 0) is 67.2 Å². The van der Waals surface area contributed by atoms with Gasteiger partial charge in [0.25, 0.3) is 0 Å². The SMILES string of the molecule is Cc1cccc(-n2ncc3c2CCC[C@@H]3NC(=O)CCCn2cnnn2)c1C. The van der Waals surface area contributed by atoms with Crippen molar-refractivity contribution in [2.45, 2.75) is 58.5 Å². The van der Waals surface area contributed by atoms with Crippen molar-refractivity contribution in [3.63, 3.8) is 0 Å². The molecule has 8 nitrogen and oxygen atoms in total. The molecule has 0 saturated carbocycles. The highest BCUT2D eigenvalue weighted by Crippen LogP contribution is 2.32. The molecular weight excluding hydrogens is 354 g/mol. The smallest absolute Gasteiger partial charge is 0.220 e. The Morgan fingerprint density at radius 2 is 2.21 bits per heavy atom. The van der Waals surface area contributed by atoms with Gasteiger partial charge in [-0.2, -0.15) is 5.10 Å². The number of nitrogens with zero attached hydrogens (tertiary/aromatic N) is 6. The molecule has 1 aliphatic rings. The van der Waals surface area contributed by atoms with Crippen LogP contribution in [0.25, 0.3) is 5.69 Å². The first-order valence-electron chi connectivity index (χ1n) is 9.77. The first kappa shape index (κ1) is 18.3. The predicted octanol–water partition coefficient (Wildman–Crippen LogP) is 2.45. The van der Waals surface area contributed by atoms with E-state index >= 15 is 0 Å².